The molecule has 18 heavy (non-hydrogen) atoms. The van der Waals surface area contributed by atoms with E-state index in [0.29, 0.717) is 12.5 Å². The van der Waals surface area contributed by atoms with Gasteiger partial charge in [0.15, 0.2) is 0 Å². The van der Waals surface area contributed by atoms with E-state index in [2.05, 4.69) is 25.2 Å². The summed E-state index contributed by atoms with van der Waals surface area (Å²) >= 11 is 1.70. The molecule has 0 aliphatic heterocycles. The second kappa shape index (κ2) is 8.27. The van der Waals surface area contributed by atoms with Gasteiger partial charge in [0.25, 0.3) is 0 Å². The number of hydrogen-bond acceptors (Lipinski definition) is 4. The lowest BCUT2D eigenvalue weighted by Crippen LogP contribution is -2.42. The molecule has 2 atom stereocenters. The zero-order valence-electron chi connectivity index (χ0n) is 11.4. The summed E-state index contributed by atoms with van der Waals surface area (Å²) in [7, 11) is 0. The van der Waals surface area contributed by atoms with Crippen LogP contribution >= 0.6 is 11.3 Å². The molecule has 4 heteroatoms. The third-order valence-corrected chi connectivity index (χ3v) is 3.81. The van der Waals surface area contributed by atoms with Crippen molar-refractivity contribution < 1.29 is 9.53 Å². The molecule has 0 fully saturated rings. The van der Waals surface area contributed by atoms with Gasteiger partial charge in [-0.2, -0.15) is 0 Å². The molecule has 1 aromatic heterocycles. The number of rotatable bonds is 8. The molecule has 102 valence electrons. The Morgan fingerprint density at radius 3 is 2.83 bits per heavy atom. The summed E-state index contributed by atoms with van der Waals surface area (Å²) in [5.41, 5.74) is 0. The van der Waals surface area contributed by atoms with Crippen molar-refractivity contribution in [2.75, 3.05) is 6.61 Å². The fourth-order valence-electron chi connectivity index (χ4n) is 1.99. The second-order valence-electron chi connectivity index (χ2n) is 4.46. The van der Waals surface area contributed by atoms with E-state index in [-0.39, 0.29) is 12.0 Å². The minimum absolute atomic E-state index is 0.130. The van der Waals surface area contributed by atoms with Crippen molar-refractivity contribution >= 4 is 17.3 Å². The third kappa shape index (κ3) is 4.78. The zero-order chi connectivity index (χ0) is 13.4. The molecule has 0 radical (unpaired) electrons. The number of esters is 1. The Bertz CT molecular complexity index is 338. The Hall–Kier alpha value is -0.870. The van der Waals surface area contributed by atoms with Gasteiger partial charge in [-0.05, 0) is 30.7 Å². The van der Waals surface area contributed by atoms with E-state index < -0.39 is 0 Å². The van der Waals surface area contributed by atoms with E-state index in [1.807, 2.05) is 18.4 Å². The summed E-state index contributed by atoms with van der Waals surface area (Å²) in [5.74, 6) is 0.170. The maximum Gasteiger partial charge on any atom is 0.323 e. The molecule has 1 aromatic rings. The van der Waals surface area contributed by atoms with Crippen LogP contribution in [0.2, 0.25) is 0 Å². The molecule has 1 N–H and O–H groups in total. The van der Waals surface area contributed by atoms with E-state index in [9.17, 15) is 4.79 Å². The van der Waals surface area contributed by atoms with E-state index in [1.54, 1.807) is 11.3 Å². The quantitative estimate of drug-likeness (QED) is 0.736. The lowest BCUT2D eigenvalue weighted by atomic mass is 9.97. The number of nitrogens with one attached hydrogen (secondary N) is 1. The van der Waals surface area contributed by atoms with E-state index in [4.69, 9.17) is 4.74 Å². The summed E-state index contributed by atoms with van der Waals surface area (Å²) in [6.45, 7) is 7.26. The fourth-order valence-corrected chi connectivity index (χ4v) is 2.65. The van der Waals surface area contributed by atoms with Gasteiger partial charge >= 0.3 is 5.97 Å². The third-order valence-electron chi connectivity index (χ3n) is 2.93. The minimum Gasteiger partial charge on any atom is -0.465 e. The van der Waals surface area contributed by atoms with E-state index in [1.165, 1.54) is 4.88 Å². The van der Waals surface area contributed by atoms with Gasteiger partial charge in [-0.1, -0.05) is 26.3 Å². The van der Waals surface area contributed by atoms with E-state index in [0.717, 1.165) is 19.4 Å². The second-order valence-corrected chi connectivity index (χ2v) is 5.49. The molecule has 0 aromatic carbocycles. The highest BCUT2D eigenvalue weighted by Crippen LogP contribution is 2.14. The monoisotopic (exact) mass is 269 g/mol. The van der Waals surface area contributed by atoms with Gasteiger partial charge in [0, 0.05) is 11.4 Å². The molecule has 0 saturated heterocycles. The van der Waals surface area contributed by atoms with Crippen molar-refractivity contribution in [3.8, 4) is 0 Å². The van der Waals surface area contributed by atoms with Crippen LogP contribution in [-0.2, 0) is 16.1 Å². The van der Waals surface area contributed by atoms with Crippen LogP contribution in [0.4, 0.5) is 0 Å². The first kappa shape index (κ1) is 15.2. The molecule has 1 heterocycles. The van der Waals surface area contributed by atoms with Gasteiger partial charge in [-0.3, -0.25) is 10.1 Å². The minimum atomic E-state index is -0.202. The van der Waals surface area contributed by atoms with Crippen molar-refractivity contribution in [3.05, 3.63) is 22.4 Å². The number of carbonyl (C=O) groups is 1. The van der Waals surface area contributed by atoms with Gasteiger partial charge in [0.1, 0.15) is 6.04 Å². The van der Waals surface area contributed by atoms with Gasteiger partial charge in [0.2, 0.25) is 0 Å². The summed E-state index contributed by atoms with van der Waals surface area (Å²) in [6, 6.07) is 3.90. The summed E-state index contributed by atoms with van der Waals surface area (Å²) < 4.78 is 5.14. The van der Waals surface area contributed by atoms with Crippen LogP contribution in [0.3, 0.4) is 0 Å². The molecule has 0 aliphatic rings. The molecule has 0 saturated carbocycles. The van der Waals surface area contributed by atoms with Gasteiger partial charge in [-0.25, -0.2) is 0 Å². The zero-order valence-corrected chi connectivity index (χ0v) is 12.3. The topological polar surface area (TPSA) is 38.3 Å². The first-order valence-electron chi connectivity index (χ1n) is 6.61. The SMILES string of the molecule is CCCC(C)C(NCc1cccs1)C(=O)OCC. The standard InChI is InChI=1S/C14H23NO2S/c1-4-7-11(3)13(14(16)17-5-2)15-10-12-8-6-9-18-12/h6,8-9,11,13,15H,4-5,7,10H2,1-3H3. The highest BCUT2D eigenvalue weighted by atomic mass is 32.1. The predicted octanol–water partition coefficient (Wildman–Crippen LogP) is 3.21. The van der Waals surface area contributed by atoms with Crippen molar-refractivity contribution in [3.63, 3.8) is 0 Å². The summed E-state index contributed by atoms with van der Waals surface area (Å²) in [6.07, 6.45) is 2.11. The van der Waals surface area contributed by atoms with Crippen LogP contribution in [0.25, 0.3) is 0 Å². The van der Waals surface area contributed by atoms with Crippen LogP contribution in [0.1, 0.15) is 38.5 Å². The average molecular weight is 269 g/mol. The van der Waals surface area contributed by atoms with Gasteiger partial charge in [0.05, 0.1) is 6.61 Å². The smallest absolute Gasteiger partial charge is 0.323 e. The summed E-state index contributed by atoms with van der Waals surface area (Å²) in [4.78, 5) is 13.2. The molecule has 0 bridgehead atoms. The van der Waals surface area contributed by atoms with Crippen molar-refractivity contribution in [1.82, 2.24) is 5.32 Å². The van der Waals surface area contributed by atoms with Gasteiger partial charge in [-0.15, -0.1) is 11.3 Å². The Morgan fingerprint density at radius 2 is 2.28 bits per heavy atom. The molecule has 0 spiro atoms. The molecule has 3 nitrogen and oxygen atoms in total. The molecule has 2 unspecified atom stereocenters. The number of carbonyl (C=O) groups excluding carboxylic acids is 1. The number of ether oxygens (including phenoxy) is 1. The first-order valence-corrected chi connectivity index (χ1v) is 7.49. The molecule has 0 amide bonds. The Labute approximate surface area is 114 Å². The molecule has 1 rings (SSSR count). The normalized spacial score (nSPS) is 14.2. The lowest BCUT2D eigenvalue weighted by molar-refractivity contribution is -0.147. The first-order chi connectivity index (χ1) is 8.69. The van der Waals surface area contributed by atoms with Crippen molar-refractivity contribution in [1.29, 1.82) is 0 Å². The average Bonchev–Trinajstić information content (AvgIpc) is 2.83. The Morgan fingerprint density at radius 1 is 1.50 bits per heavy atom. The van der Waals surface area contributed by atoms with Crippen LogP contribution < -0.4 is 5.32 Å². The van der Waals surface area contributed by atoms with E-state index >= 15 is 0 Å². The van der Waals surface area contributed by atoms with Crippen LogP contribution in [0.15, 0.2) is 17.5 Å². The Kier molecular flexibility index (Phi) is 6.98. The van der Waals surface area contributed by atoms with Crippen LogP contribution in [-0.4, -0.2) is 18.6 Å². The predicted molar refractivity (Wildman–Crippen MR) is 75.7 cm³/mol. The van der Waals surface area contributed by atoms with Crippen LogP contribution in [0.5, 0.6) is 0 Å². The molecular formula is C14H23NO2S. The largest absolute Gasteiger partial charge is 0.465 e. The lowest BCUT2D eigenvalue weighted by Gasteiger charge is -2.23. The number of thiophene rings is 1. The Balaban J connectivity index is 2.56. The summed E-state index contributed by atoms with van der Waals surface area (Å²) in [5, 5.41) is 5.37. The van der Waals surface area contributed by atoms with Gasteiger partial charge < -0.3 is 4.74 Å². The molecular weight excluding hydrogens is 246 g/mol. The maximum atomic E-state index is 11.9. The fraction of sp³-hybridized carbons (Fsp3) is 0.643. The maximum absolute atomic E-state index is 11.9. The van der Waals surface area contributed by atoms with Crippen molar-refractivity contribution in [2.24, 2.45) is 5.92 Å². The highest BCUT2D eigenvalue weighted by Gasteiger charge is 2.25. The molecule has 0 aliphatic carbocycles. The van der Waals surface area contributed by atoms with Crippen LogP contribution in [0, 0.1) is 5.92 Å². The highest BCUT2D eigenvalue weighted by molar-refractivity contribution is 7.09. The van der Waals surface area contributed by atoms with Crippen molar-refractivity contribution in [2.45, 2.75) is 46.2 Å². The number of hydrogen-bond donors (Lipinski definition) is 1.